The highest BCUT2D eigenvalue weighted by Gasteiger charge is 2.33. The van der Waals surface area contributed by atoms with Crippen molar-refractivity contribution in [3.05, 3.63) is 23.6 Å². The molecule has 0 aromatic carbocycles. The summed E-state index contributed by atoms with van der Waals surface area (Å²) in [5.74, 6) is 0.913. The third kappa shape index (κ3) is 4.67. The first-order valence-electron chi connectivity index (χ1n) is 7.91. The van der Waals surface area contributed by atoms with Crippen molar-refractivity contribution in [1.29, 1.82) is 0 Å². The summed E-state index contributed by atoms with van der Waals surface area (Å²) in [6.07, 6.45) is 4.71. The maximum atomic E-state index is 13.4. The Morgan fingerprint density at radius 2 is 2.19 bits per heavy atom. The van der Waals surface area contributed by atoms with Crippen LogP contribution in [0.25, 0.3) is 0 Å². The summed E-state index contributed by atoms with van der Waals surface area (Å²) in [6.45, 7) is 10.3. The van der Waals surface area contributed by atoms with E-state index in [1.54, 1.807) is 0 Å². The molecule has 1 saturated carbocycles. The topological polar surface area (TPSA) is 34.2 Å². The first-order valence-corrected chi connectivity index (χ1v) is 7.91. The van der Waals surface area contributed by atoms with Gasteiger partial charge in [0.25, 0.3) is 0 Å². The molecule has 0 bridgehead atoms. The molecule has 1 aliphatic rings. The second kappa shape index (κ2) is 6.73. The van der Waals surface area contributed by atoms with Crippen molar-refractivity contribution in [3.63, 3.8) is 0 Å². The zero-order chi connectivity index (χ0) is 15.5. The first-order chi connectivity index (χ1) is 9.89. The fourth-order valence-corrected chi connectivity index (χ4v) is 3.47. The van der Waals surface area contributed by atoms with Gasteiger partial charge in [-0.2, -0.15) is 0 Å². The Kier molecular flexibility index (Phi) is 5.20. The van der Waals surface area contributed by atoms with Gasteiger partial charge >= 0.3 is 0 Å². The first kappa shape index (κ1) is 16.2. The molecule has 2 rings (SSSR count). The quantitative estimate of drug-likeness (QED) is 0.893. The van der Waals surface area contributed by atoms with Gasteiger partial charge in [-0.25, -0.2) is 9.37 Å². The van der Waals surface area contributed by atoms with E-state index in [0.717, 1.165) is 24.9 Å². The second-order valence-electron chi connectivity index (χ2n) is 7.05. The zero-order valence-electron chi connectivity index (χ0n) is 13.6. The Labute approximate surface area is 127 Å². The van der Waals surface area contributed by atoms with Crippen LogP contribution in [-0.2, 0) is 6.54 Å². The Balaban J connectivity index is 2.11. The fraction of sp³-hybridized carbons (Fsp3) is 0.706. The molecule has 1 aromatic heterocycles. The third-order valence-corrected chi connectivity index (χ3v) is 4.08. The van der Waals surface area contributed by atoms with E-state index in [9.17, 15) is 4.39 Å². The largest absolute Gasteiger partial charge is 0.474 e. The Morgan fingerprint density at radius 1 is 1.43 bits per heavy atom. The average Bonchev–Trinajstić information content (AvgIpc) is 2.36. The van der Waals surface area contributed by atoms with E-state index in [2.05, 4.69) is 31.1 Å². The van der Waals surface area contributed by atoms with Crippen LogP contribution in [0.15, 0.2) is 12.3 Å². The zero-order valence-corrected chi connectivity index (χ0v) is 13.6. The predicted molar refractivity (Wildman–Crippen MR) is 82.8 cm³/mol. The predicted octanol–water partition coefficient (Wildman–Crippen LogP) is 3.92. The number of hydrogen-bond donors (Lipinski definition) is 1. The van der Waals surface area contributed by atoms with Gasteiger partial charge in [0.2, 0.25) is 5.88 Å². The maximum Gasteiger partial charge on any atom is 0.218 e. The number of hydrogen-bond acceptors (Lipinski definition) is 3. The highest BCUT2D eigenvalue weighted by atomic mass is 19.1. The molecular formula is C17H27FN2O. The summed E-state index contributed by atoms with van der Waals surface area (Å²) < 4.78 is 19.5. The minimum atomic E-state index is -0.312. The van der Waals surface area contributed by atoms with Gasteiger partial charge in [-0.15, -0.1) is 0 Å². The lowest BCUT2D eigenvalue weighted by atomic mass is 9.71. The normalized spacial score (nSPS) is 24.8. The van der Waals surface area contributed by atoms with Crippen molar-refractivity contribution < 1.29 is 9.13 Å². The van der Waals surface area contributed by atoms with E-state index >= 15 is 0 Å². The number of pyridine rings is 1. The van der Waals surface area contributed by atoms with Crippen LogP contribution in [0.4, 0.5) is 4.39 Å². The van der Waals surface area contributed by atoms with Gasteiger partial charge < -0.3 is 10.1 Å². The number of ether oxygens (including phenoxy) is 1. The molecule has 0 radical (unpaired) electrons. The van der Waals surface area contributed by atoms with E-state index in [-0.39, 0.29) is 11.9 Å². The van der Waals surface area contributed by atoms with Gasteiger partial charge in [-0.05, 0) is 43.2 Å². The highest BCUT2D eigenvalue weighted by Crippen LogP contribution is 2.40. The monoisotopic (exact) mass is 294 g/mol. The molecule has 118 valence electrons. The molecule has 21 heavy (non-hydrogen) atoms. The van der Waals surface area contributed by atoms with Gasteiger partial charge in [-0.3, -0.25) is 0 Å². The smallest absolute Gasteiger partial charge is 0.218 e. The molecule has 1 heterocycles. The lowest BCUT2D eigenvalue weighted by Crippen LogP contribution is -2.34. The highest BCUT2D eigenvalue weighted by molar-refractivity contribution is 5.26. The minimum absolute atomic E-state index is 0.169. The van der Waals surface area contributed by atoms with E-state index < -0.39 is 0 Å². The molecule has 2 atom stereocenters. The van der Waals surface area contributed by atoms with Crippen molar-refractivity contribution in [3.8, 4) is 5.88 Å². The average molecular weight is 294 g/mol. The summed E-state index contributed by atoms with van der Waals surface area (Å²) in [4.78, 5) is 4.16. The third-order valence-electron chi connectivity index (χ3n) is 4.08. The van der Waals surface area contributed by atoms with Crippen LogP contribution < -0.4 is 10.1 Å². The summed E-state index contributed by atoms with van der Waals surface area (Å²) in [5, 5.41) is 3.21. The van der Waals surface area contributed by atoms with E-state index in [0.29, 0.717) is 23.8 Å². The maximum absolute atomic E-state index is 13.4. The summed E-state index contributed by atoms with van der Waals surface area (Å²) in [5.41, 5.74) is 1.09. The van der Waals surface area contributed by atoms with Crippen molar-refractivity contribution >= 4 is 0 Å². The summed E-state index contributed by atoms with van der Waals surface area (Å²) >= 11 is 0. The summed E-state index contributed by atoms with van der Waals surface area (Å²) in [7, 11) is 0. The molecule has 4 heteroatoms. The van der Waals surface area contributed by atoms with Crippen LogP contribution >= 0.6 is 0 Å². The van der Waals surface area contributed by atoms with Gasteiger partial charge in [0.1, 0.15) is 11.9 Å². The van der Waals surface area contributed by atoms with Crippen LogP contribution in [0.3, 0.4) is 0 Å². The van der Waals surface area contributed by atoms with Gasteiger partial charge in [0.05, 0.1) is 6.20 Å². The van der Waals surface area contributed by atoms with Gasteiger partial charge in [0, 0.05) is 12.1 Å². The van der Waals surface area contributed by atoms with E-state index in [1.165, 1.54) is 18.7 Å². The van der Waals surface area contributed by atoms with Crippen molar-refractivity contribution in [2.75, 3.05) is 6.54 Å². The van der Waals surface area contributed by atoms with Crippen LogP contribution in [-0.4, -0.2) is 17.6 Å². The molecule has 1 N–H and O–H groups in total. The lowest BCUT2D eigenvalue weighted by molar-refractivity contribution is 0.0523. The number of aromatic nitrogens is 1. The van der Waals surface area contributed by atoms with Crippen molar-refractivity contribution in [2.45, 2.75) is 59.6 Å². The molecule has 0 amide bonds. The van der Waals surface area contributed by atoms with Crippen molar-refractivity contribution in [1.82, 2.24) is 10.3 Å². The second-order valence-corrected chi connectivity index (χ2v) is 7.05. The molecule has 1 aliphatic carbocycles. The summed E-state index contributed by atoms with van der Waals surface area (Å²) in [6, 6.07) is 1.52. The number of halogens is 1. The molecule has 0 saturated heterocycles. The molecule has 0 spiro atoms. The molecule has 1 fully saturated rings. The Morgan fingerprint density at radius 3 is 2.86 bits per heavy atom. The molecule has 2 unspecified atom stereocenters. The van der Waals surface area contributed by atoms with Crippen LogP contribution in [0.1, 0.15) is 52.5 Å². The van der Waals surface area contributed by atoms with E-state index in [4.69, 9.17) is 4.74 Å². The Bertz CT molecular complexity index is 476. The molecule has 1 aromatic rings. The van der Waals surface area contributed by atoms with Crippen LogP contribution in [0, 0.1) is 17.2 Å². The number of nitrogens with zero attached hydrogens (tertiary/aromatic N) is 1. The minimum Gasteiger partial charge on any atom is -0.474 e. The van der Waals surface area contributed by atoms with Crippen LogP contribution in [0.2, 0.25) is 0 Å². The fourth-order valence-electron chi connectivity index (χ4n) is 3.47. The number of nitrogens with one attached hydrogen (secondary N) is 1. The van der Waals surface area contributed by atoms with E-state index in [1.807, 2.05) is 6.92 Å². The van der Waals surface area contributed by atoms with Crippen molar-refractivity contribution in [2.24, 2.45) is 11.3 Å². The lowest BCUT2D eigenvalue weighted by Gasteiger charge is -2.38. The van der Waals surface area contributed by atoms with Gasteiger partial charge in [-0.1, -0.05) is 27.7 Å². The standard InChI is InChI=1S/C17H27FN2O/c1-5-19-10-13-7-14(18)11-20-16(13)21-15-6-12(2)8-17(3,4)9-15/h7,11-12,15,19H,5-6,8-10H2,1-4H3. The van der Waals surface area contributed by atoms with Gasteiger partial charge in [0.15, 0.2) is 0 Å². The molecule has 3 nitrogen and oxygen atoms in total. The molecule has 0 aliphatic heterocycles. The van der Waals surface area contributed by atoms with Crippen LogP contribution in [0.5, 0.6) is 5.88 Å². The number of rotatable bonds is 5. The molecular weight excluding hydrogens is 267 g/mol. The Hall–Kier alpha value is -1.16. The SMILES string of the molecule is CCNCc1cc(F)cnc1OC1CC(C)CC(C)(C)C1.